The summed E-state index contributed by atoms with van der Waals surface area (Å²) in [5, 5.41) is 3.31. The quantitative estimate of drug-likeness (QED) is 0.804. The summed E-state index contributed by atoms with van der Waals surface area (Å²) in [7, 11) is -0.307. The molecule has 0 spiro atoms. The van der Waals surface area contributed by atoms with Crippen molar-refractivity contribution >= 4 is 15.7 Å². The first kappa shape index (κ1) is 16.9. The van der Waals surface area contributed by atoms with Crippen LogP contribution in [0.3, 0.4) is 0 Å². The Kier molecular flexibility index (Phi) is 5.56. The number of nitrogens with two attached hydrogens (primary N) is 1. The minimum absolute atomic E-state index is 0.114. The molecule has 0 aliphatic heterocycles. The molecule has 0 radical (unpaired) electrons. The van der Waals surface area contributed by atoms with E-state index in [-0.39, 0.29) is 5.41 Å². The van der Waals surface area contributed by atoms with E-state index in [9.17, 15) is 8.42 Å². The lowest BCUT2D eigenvalue weighted by molar-refractivity contribution is 0.365. The minimum atomic E-state index is -3.36. The molecule has 0 fully saturated rings. The largest absolute Gasteiger partial charge is 0.385 e. The van der Waals surface area contributed by atoms with Gasteiger partial charge < -0.3 is 11.1 Å². The number of sulfonamides is 1. The van der Waals surface area contributed by atoms with Crippen LogP contribution in [0.1, 0.15) is 20.3 Å². The molecule has 0 aliphatic carbocycles. The Labute approximate surface area is 122 Å². The number of hydrogen-bond acceptors (Lipinski definition) is 4. The van der Waals surface area contributed by atoms with Gasteiger partial charge in [0.05, 0.1) is 4.90 Å². The smallest absolute Gasteiger partial charge is 0.242 e. The zero-order chi connectivity index (χ0) is 15.4. The molecule has 0 amide bonds. The van der Waals surface area contributed by atoms with Crippen LogP contribution in [0.4, 0.5) is 5.69 Å². The maximum absolute atomic E-state index is 11.9. The summed E-state index contributed by atoms with van der Waals surface area (Å²) in [6, 6.07) is 6.81. The molecule has 0 aromatic heterocycles. The van der Waals surface area contributed by atoms with Gasteiger partial charge >= 0.3 is 0 Å². The van der Waals surface area contributed by atoms with Crippen LogP contribution >= 0.6 is 0 Å². The van der Waals surface area contributed by atoms with Crippen molar-refractivity contribution in [1.82, 2.24) is 4.31 Å². The second-order valence-corrected chi connectivity index (χ2v) is 8.02. The molecule has 0 atom stereocenters. The Bertz CT molecular complexity index is 522. The number of hydrogen-bond donors (Lipinski definition) is 2. The highest BCUT2D eigenvalue weighted by Gasteiger charge is 2.18. The fourth-order valence-corrected chi connectivity index (χ4v) is 2.68. The Morgan fingerprint density at radius 1 is 1.20 bits per heavy atom. The molecule has 1 rings (SSSR count). The summed E-state index contributed by atoms with van der Waals surface area (Å²) in [6.45, 7) is 5.76. The highest BCUT2D eigenvalue weighted by atomic mass is 32.2. The van der Waals surface area contributed by atoms with Crippen LogP contribution < -0.4 is 11.1 Å². The predicted molar refractivity (Wildman–Crippen MR) is 83.3 cm³/mol. The Morgan fingerprint density at radius 3 is 2.20 bits per heavy atom. The standard InChI is InChI=1S/C14H25N3O2S/c1-14(2,9-10-15)11-16-12-5-7-13(8-6-12)20(18,19)17(3)4/h5-8,16H,9-11,15H2,1-4H3. The second-order valence-electron chi connectivity index (χ2n) is 5.87. The summed E-state index contributed by atoms with van der Waals surface area (Å²) in [5.74, 6) is 0. The van der Waals surface area contributed by atoms with Crippen molar-refractivity contribution in [3.8, 4) is 0 Å². The fourth-order valence-electron chi connectivity index (χ4n) is 1.78. The van der Waals surface area contributed by atoms with Gasteiger partial charge in [-0.15, -0.1) is 0 Å². The van der Waals surface area contributed by atoms with E-state index in [1.165, 1.54) is 18.4 Å². The van der Waals surface area contributed by atoms with Crippen LogP contribution in [0, 0.1) is 5.41 Å². The Morgan fingerprint density at radius 2 is 1.75 bits per heavy atom. The van der Waals surface area contributed by atoms with E-state index in [1.807, 2.05) is 0 Å². The lowest BCUT2D eigenvalue weighted by atomic mass is 9.89. The summed E-state index contributed by atoms with van der Waals surface area (Å²) in [6.07, 6.45) is 0.938. The first-order valence-electron chi connectivity index (χ1n) is 6.65. The lowest BCUT2D eigenvalue weighted by Crippen LogP contribution is -2.26. The van der Waals surface area contributed by atoms with E-state index >= 15 is 0 Å². The van der Waals surface area contributed by atoms with Crippen molar-refractivity contribution < 1.29 is 8.42 Å². The predicted octanol–water partition coefficient (Wildman–Crippen LogP) is 1.72. The summed E-state index contributed by atoms with van der Waals surface area (Å²) in [4.78, 5) is 0.300. The topological polar surface area (TPSA) is 75.4 Å². The van der Waals surface area contributed by atoms with Gasteiger partial charge in [0.15, 0.2) is 0 Å². The van der Waals surface area contributed by atoms with Crippen LogP contribution in [0.2, 0.25) is 0 Å². The van der Waals surface area contributed by atoms with Crippen LogP contribution in [0.5, 0.6) is 0 Å². The van der Waals surface area contributed by atoms with Crippen LogP contribution in [-0.4, -0.2) is 39.9 Å². The molecular weight excluding hydrogens is 274 g/mol. The molecule has 0 heterocycles. The van der Waals surface area contributed by atoms with Gasteiger partial charge in [0, 0.05) is 26.3 Å². The van der Waals surface area contributed by atoms with Crippen LogP contribution in [-0.2, 0) is 10.0 Å². The van der Waals surface area contributed by atoms with E-state index in [1.54, 1.807) is 24.3 Å². The average Bonchev–Trinajstić information content (AvgIpc) is 2.37. The monoisotopic (exact) mass is 299 g/mol. The van der Waals surface area contributed by atoms with Crippen molar-refractivity contribution in [2.24, 2.45) is 11.1 Å². The van der Waals surface area contributed by atoms with Crippen LogP contribution in [0.25, 0.3) is 0 Å². The molecule has 1 aromatic rings. The van der Waals surface area contributed by atoms with E-state index in [2.05, 4.69) is 19.2 Å². The van der Waals surface area contributed by atoms with E-state index in [0.717, 1.165) is 18.7 Å². The average molecular weight is 299 g/mol. The maximum atomic E-state index is 11.9. The zero-order valence-electron chi connectivity index (χ0n) is 12.7. The molecular formula is C14H25N3O2S. The molecule has 114 valence electrons. The van der Waals surface area contributed by atoms with Gasteiger partial charge in [-0.2, -0.15) is 0 Å². The van der Waals surface area contributed by atoms with E-state index in [0.29, 0.717) is 11.4 Å². The molecule has 20 heavy (non-hydrogen) atoms. The molecule has 1 aromatic carbocycles. The Hall–Kier alpha value is -1.11. The Balaban J connectivity index is 2.74. The molecule has 3 N–H and O–H groups in total. The van der Waals surface area contributed by atoms with Gasteiger partial charge in [0.2, 0.25) is 10.0 Å². The number of benzene rings is 1. The maximum Gasteiger partial charge on any atom is 0.242 e. The fraction of sp³-hybridized carbons (Fsp3) is 0.571. The SMILES string of the molecule is CN(C)S(=O)(=O)c1ccc(NCC(C)(C)CCN)cc1. The number of rotatable bonds is 7. The molecule has 0 saturated carbocycles. The van der Waals surface area contributed by atoms with Crippen molar-refractivity contribution in [1.29, 1.82) is 0 Å². The summed E-state index contributed by atoms with van der Waals surface area (Å²) in [5.41, 5.74) is 6.60. The van der Waals surface area contributed by atoms with Gasteiger partial charge in [-0.25, -0.2) is 12.7 Å². The summed E-state index contributed by atoms with van der Waals surface area (Å²) >= 11 is 0. The third-order valence-corrected chi connectivity index (χ3v) is 5.05. The van der Waals surface area contributed by atoms with Crippen molar-refractivity contribution in [2.75, 3.05) is 32.5 Å². The van der Waals surface area contributed by atoms with Gasteiger partial charge in [-0.1, -0.05) is 13.8 Å². The normalized spacial score (nSPS) is 12.7. The number of nitrogens with one attached hydrogen (secondary N) is 1. The first-order valence-corrected chi connectivity index (χ1v) is 8.09. The molecule has 0 aliphatic rings. The highest BCUT2D eigenvalue weighted by molar-refractivity contribution is 7.89. The molecule has 0 saturated heterocycles. The summed E-state index contributed by atoms with van der Waals surface area (Å²) < 4.78 is 25.1. The minimum Gasteiger partial charge on any atom is -0.385 e. The van der Waals surface area contributed by atoms with Crippen molar-refractivity contribution in [2.45, 2.75) is 25.2 Å². The molecule has 6 heteroatoms. The number of anilines is 1. The zero-order valence-corrected chi connectivity index (χ0v) is 13.5. The van der Waals surface area contributed by atoms with Gasteiger partial charge in [0.1, 0.15) is 0 Å². The third-order valence-electron chi connectivity index (χ3n) is 3.23. The second kappa shape index (κ2) is 6.56. The van der Waals surface area contributed by atoms with Crippen LogP contribution in [0.15, 0.2) is 29.2 Å². The lowest BCUT2D eigenvalue weighted by Gasteiger charge is -2.24. The van der Waals surface area contributed by atoms with E-state index in [4.69, 9.17) is 5.73 Å². The molecule has 0 unspecified atom stereocenters. The molecule has 5 nitrogen and oxygen atoms in total. The van der Waals surface area contributed by atoms with E-state index < -0.39 is 10.0 Å². The highest BCUT2D eigenvalue weighted by Crippen LogP contribution is 2.21. The van der Waals surface area contributed by atoms with Gasteiger partial charge in [0.25, 0.3) is 0 Å². The first-order chi connectivity index (χ1) is 9.19. The van der Waals surface area contributed by atoms with Gasteiger partial charge in [-0.3, -0.25) is 0 Å². The van der Waals surface area contributed by atoms with Crippen molar-refractivity contribution in [3.05, 3.63) is 24.3 Å². The van der Waals surface area contributed by atoms with Crippen molar-refractivity contribution in [3.63, 3.8) is 0 Å². The third kappa shape index (κ3) is 4.47. The number of nitrogens with zero attached hydrogens (tertiary/aromatic N) is 1. The van der Waals surface area contributed by atoms with Gasteiger partial charge in [-0.05, 0) is 42.6 Å². The molecule has 0 bridgehead atoms.